The smallest absolute Gasteiger partial charge is 0.222 e. The fourth-order valence-corrected chi connectivity index (χ4v) is 9.80. The van der Waals surface area contributed by atoms with Gasteiger partial charge in [-0.2, -0.15) is 0 Å². The van der Waals surface area contributed by atoms with Crippen LogP contribution in [-0.2, 0) is 28.6 Å². The molecule has 71 heavy (non-hydrogen) atoms. The Kier molecular flexibility index (Phi) is 45.4. The fourth-order valence-electron chi connectivity index (χ4n) is 9.80. The van der Waals surface area contributed by atoms with E-state index in [-0.39, 0.29) is 24.4 Å². The van der Waals surface area contributed by atoms with Crippen molar-refractivity contribution in [2.24, 2.45) is 0 Å². The van der Waals surface area contributed by atoms with Crippen molar-refractivity contribution in [1.82, 2.24) is 14.7 Å². The van der Waals surface area contributed by atoms with Crippen LogP contribution < -0.4 is 0 Å². The topological polar surface area (TPSA) is 88.6 Å². The molecule has 0 aliphatic carbocycles. The highest BCUT2D eigenvalue weighted by Crippen LogP contribution is 2.17. The van der Waals surface area contributed by atoms with Gasteiger partial charge in [0.05, 0.1) is 37.6 Å². The highest BCUT2D eigenvalue weighted by molar-refractivity contribution is 5.77. The highest BCUT2D eigenvalue weighted by Gasteiger charge is 2.26. The number of allylic oxidation sites excluding steroid dienone is 6. The first-order valence-electron chi connectivity index (χ1n) is 30.2. The van der Waals surface area contributed by atoms with Crippen LogP contribution in [0.5, 0.6) is 0 Å². The summed E-state index contributed by atoms with van der Waals surface area (Å²) >= 11 is 0. The van der Waals surface area contributed by atoms with Gasteiger partial charge in [-0.1, -0.05) is 166 Å². The number of amides is 3. The van der Waals surface area contributed by atoms with Crippen LogP contribution in [0.2, 0.25) is 0 Å². The van der Waals surface area contributed by atoms with E-state index in [0.717, 1.165) is 65.0 Å². The molecule has 0 aromatic rings. The van der Waals surface area contributed by atoms with E-state index in [0.29, 0.717) is 43.8 Å². The predicted octanol–water partition coefficient (Wildman–Crippen LogP) is 16.1. The van der Waals surface area contributed by atoms with Crippen molar-refractivity contribution in [3.8, 4) is 0 Å². The Morgan fingerprint density at radius 2 is 0.648 bits per heavy atom. The molecule has 0 spiro atoms. The minimum Gasteiger partial charge on any atom is -0.378 e. The van der Waals surface area contributed by atoms with E-state index in [2.05, 4.69) is 84.9 Å². The van der Waals surface area contributed by atoms with Gasteiger partial charge in [0.1, 0.15) is 0 Å². The van der Waals surface area contributed by atoms with Gasteiger partial charge in [-0.05, 0) is 118 Å². The van der Waals surface area contributed by atoms with E-state index in [1.165, 1.54) is 180 Å². The molecule has 0 N–H and O–H groups in total. The van der Waals surface area contributed by atoms with Crippen molar-refractivity contribution in [3.05, 3.63) is 36.5 Å². The molecule has 3 aliphatic heterocycles. The molecule has 9 nitrogen and oxygen atoms in total. The lowest BCUT2D eigenvalue weighted by molar-refractivity contribution is -0.143. The van der Waals surface area contributed by atoms with Crippen molar-refractivity contribution in [2.75, 3.05) is 52.5 Å². The Balaban J connectivity index is 0.000000540. The van der Waals surface area contributed by atoms with Crippen molar-refractivity contribution in [3.63, 3.8) is 0 Å². The molecule has 9 heteroatoms. The summed E-state index contributed by atoms with van der Waals surface area (Å²) in [5.74, 6) is 0.948. The summed E-state index contributed by atoms with van der Waals surface area (Å²) in [6.45, 7) is 20.8. The summed E-state index contributed by atoms with van der Waals surface area (Å²) in [4.78, 5) is 42.3. The van der Waals surface area contributed by atoms with Crippen LogP contribution in [-0.4, -0.2) is 109 Å². The minimum atomic E-state index is 0.174. The van der Waals surface area contributed by atoms with Gasteiger partial charge in [0, 0.05) is 58.5 Å². The first-order valence-corrected chi connectivity index (χ1v) is 30.2. The average molecular weight is 999 g/mol. The average Bonchev–Trinajstić information content (AvgIpc) is 3.36. The van der Waals surface area contributed by atoms with Crippen LogP contribution in [0.1, 0.15) is 267 Å². The second-order valence-corrected chi connectivity index (χ2v) is 21.3. The van der Waals surface area contributed by atoms with Crippen LogP contribution in [0, 0.1) is 0 Å². The summed E-state index contributed by atoms with van der Waals surface area (Å²) in [6.07, 6.45) is 56.1. The van der Waals surface area contributed by atoms with E-state index < -0.39 is 0 Å². The van der Waals surface area contributed by atoms with Gasteiger partial charge >= 0.3 is 0 Å². The second-order valence-electron chi connectivity index (χ2n) is 21.3. The van der Waals surface area contributed by atoms with Crippen LogP contribution in [0.4, 0.5) is 0 Å². The number of carbonyl (C=O) groups is 3. The number of hydrogen-bond donors (Lipinski definition) is 0. The van der Waals surface area contributed by atoms with Gasteiger partial charge < -0.3 is 28.9 Å². The normalized spacial score (nSPS) is 19.6. The van der Waals surface area contributed by atoms with Crippen molar-refractivity contribution >= 4 is 17.7 Å². The molecule has 0 aromatic carbocycles. The van der Waals surface area contributed by atoms with Crippen LogP contribution in [0.25, 0.3) is 0 Å². The molecular weight excluding hydrogens is 883 g/mol. The zero-order valence-electron chi connectivity index (χ0n) is 47.8. The number of unbranched alkanes of at least 4 members (excludes halogenated alkanes) is 26. The Hall–Kier alpha value is -2.49. The summed E-state index contributed by atoms with van der Waals surface area (Å²) in [5, 5.41) is 0. The maximum atomic E-state index is 12.3. The van der Waals surface area contributed by atoms with Gasteiger partial charge in [-0.3, -0.25) is 14.4 Å². The van der Waals surface area contributed by atoms with Gasteiger partial charge in [-0.25, -0.2) is 0 Å². The Bertz CT molecular complexity index is 1310. The molecule has 3 aliphatic rings. The predicted molar refractivity (Wildman–Crippen MR) is 302 cm³/mol. The molecule has 3 rings (SSSR count). The highest BCUT2D eigenvalue weighted by atomic mass is 16.5. The summed E-state index contributed by atoms with van der Waals surface area (Å²) < 4.78 is 16.6. The first kappa shape index (κ1) is 66.5. The fraction of sp³-hybridized carbons (Fsp3) is 0.855. The van der Waals surface area contributed by atoms with Crippen LogP contribution in [0.15, 0.2) is 36.5 Å². The Morgan fingerprint density at radius 3 is 0.986 bits per heavy atom. The SMILES string of the molecule is CC=CCCCCCCCCC(=O)N1CCOCC1.CCCCCC=CCCCCCCCCC(=O)N1CC(C)OC(C)C1.CCCCCCCC=CCCCCCCCCC(=O)N1CC(C)OC(C)C1. The maximum Gasteiger partial charge on any atom is 0.222 e. The van der Waals surface area contributed by atoms with Crippen molar-refractivity contribution < 1.29 is 28.6 Å². The molecular formula is C62H115N3O6. The standard InChI is InChI=1S/C24H45NO2.C22H41NO2.C16H29NO2/c1-4-5-6-7-8-9-10-11-12-13-14-15-16-17-18-19-24(26)25-20-22(2)27-23(3)21-25;1-4-5-6-7-8-9-10-11-12-13-14-15-16-17-22(24)23-18-20(2)25-21(3)19-23;1-2-3-4-5-6-7-8-9-10-11-16(18)17-12-14-19-15-13-17/h10-11,22-23H,4-9,12-21H2,1-3H3;8-9,20-21H,4-7,10-19H2,1-3H3;2-3H,4-15H2,1H3. The third-order valence-corrected chi connectivity index (χ3v) is 14.0. The van der Waals surface area contributed by atoms with Crippen molar-refractivity contribution in [2.45, 2.75) is 291 Å². The molecule has 0 saturated carbocycles. The van der Waals surface area contributed by atoms with E-state index >= 15 is 0 Å². The quantitative estimate of drug-likeness (QED) is 0.0455. The van der Waals surface area contributed by atoms with E-state index in [4.69, 9.17) is 14.2 Å². The van der Waals surface area contributed by atoms with E-state index in [1.807, 2.05) is 14.7 Å². The van der Waals surface area contributed by atoms with Crippen LogP contribution in [0.3, 0.4) is 0 Å². The van der Waals surface area contributed by atoms with Gasteiger partial charge in [0.2, 0.25) is 17.7 Å². The van der Waals surface area contributed by atoms with Crippen molar-refractivity contribution in [1.29, 1.82) is 0 Å². The lowest BCUT2D eigenvalue weighted by Gasteiger charge is -2.35. The Labute approximate surface area is 439 Å². The Morgan fingerprint density at radius 1 is 0.380 bits per heavy atom. The van der Waals surface area contributed by atoms with Gasteiger partial charge in [0.25, 0.3) is 0 Å². The number of hydrogen-bond acceptors (Lipinski definition) is 6. The van der Waals surface area contributed by atoms with Gasteiger partial charge in [0.15, 0.2) is 0 Å². The largest absolute Gasteiger partial charge is 0.378 e. The molecule has 4 atom stereocenters. The molecule has 3 heterocycles. The number of rotatable bonds is 37. The molecule has 3 fully saturated rings. The number of morpholine rings is 3. The first-order chi connectivity index (χ1) is 34.6. The molecule has 3 saturated heterocycles. The number of ether oxygens (including phenoxy) is 3. The molecule has 414 valence electrons. The molecule has 4 unspecified atom stereocenters. The monoisotopic (exact) mass is 998 g/mol. The number of nitrogens with zero attached hydrogens (tertiary/aromatic N) is 3. The zero-order valence-corrected chi connectivity index (χ0v) is 47.8. The lowest BCUT2D eigenvalue weighted by Crippen LogP contribution is -2.48. The molecule has 0 aromatic heterocycles. The molecule has 0 bridgehead atoms. The van der Waals surface area contributed by atoms with E-state index in [9.17, 15) is 14.4 Å². The van der Waals surface area contributed by atoms with Gasteiger partial charge in [-0.15, -0.1) is 0 Å². The van der Waals surface area contributed by atoms with Crippen LogP contribution >= 0.6 is 0 Å². The van der Waals surface area contributed by atoms with E-state index in [1.54, 1.807) is 0 Å². The maximum absolute atomic E-state index is 12.3. The third-order valence-electron chi connectivity index (χ3n) is 14.0. The summed E-state index contributed by atoms with van der Waals surface area (Å²) in [5.41, 5.74) is 0. The zero-order chi connectivity index (χ0) is 51.8. The summed E-state index contributed by atoms with van der Waals surface area (Å²) in [6, 6.07) is 0. The number of carbonyl (C=O) groups excluding carboxylic acids is 3. The summed E-state index contributed by atoms with van der Waals surface area (Å²) in [7, 11) is 0. The minimum absolute atomic E-state index is 0.174. The lowest BCUT2D eigenvalue weighted by atomic mass is 10.1. The second kappa shape index (κ2) is 48.4. The molecule has 0 radical (unpaired) electrons. The third kappa shape index (κ3) is 40.6. The molecule has 3 amide bonds.